The van der Waals surface area contributed by atoms with E-state index in [1.807, 2.05) is 0 Å². The van der Waals surface area contributed by atoms with Crippen molar-refractivity contribution in [1.82, 2.24) is 0 Å². The molecule has 0 aliphatic carbocycles. The van der Waals surface area contributed by atoms with Gasteiger partial charge in [-0.2, -0.15) is 0 Å². The number of carbonyl (C=O) groups is 3. The number of aliphatic carboxylic acids is 1. The molecule has 0 aliphatic heterocycles. The first-order chi connectivity index (χ1) is 6.34. The van der Waals surface area contributed by atoms with Gasteiger partial charge in [-0.25, -0.2) is 9.59 Å². The fourth-order valence-corrected chi connectivity index (χ4v) is 0.618. The van der Waals surface area contributed by atoms with Crippen molar-refractivity contribution in [2.75, 3.05) is 0 Å². The molecule has 1 N–H and O–H groups in total. The first-order valence-corrected chi connectivity index (χ1v) is 3.95. The second-order valence-electron chi connectivity index (χ2n) is 2.67. The summed E-state index contributed by atoms with van der Waals surface area (Å²) in [4.78, 5) is 31.8. The smallest absolute Gasteiger partial charge is 0.347 e. The van der Waals surface area contributed by atoms with E-state index in [0.717, 1.165) is 6.92 Å². The Labute approximate surface area is 80.8 Å². The highest BCUT2D eigenvalue weighted by Gasteiger charge is 2.22. The van der Waals surface area contributed by atoms with Crippen LogP contribution in [0.15, 0.2) is 0 Å². The lowest BCUT2D eigenvalue weighted by atomic mass is 10.4. The second-order valence-corrected chi connectivity index (χ2v) is 2.67. The van der Waals surface area contributed by atoms with Gasteiger partial charge in [0.1, 0.15) is 0 Å². The minimum absolute atomic E-state index is 0.627. The van der Waals surface area contributed by atoms with E-state index >= 15 is 0 Å². The Balaban J connectivity index is 4.07. The maximum Gasteiger partial charge on any atom is 0.347 e. The Kier molecular flexibility index (Phi) is 4.62. The zero-order chi connectivity index (χ0) is 11.3. The largest absolute Gasteiger partial charge is 0.479 e. The quantitative estimate of drug-likeness (QED) is 0.646. The van der Waals surface area contributed by atoms with E-state index in [4.69, 9.17) is 5.11 Å². The van der Waals surface area contributed by atoms with Crippen LogP contribution in [-0.2, 0) is 23.9 Å². The lowest BCUT2D eigenvalue weighted by Crippen LogP contribution is -2.31. The highest BCUT2D eigenvalue weighted by molar-refractivity contribution is 5.81. The number of ether oxygens (including phenoxy) is 2. The molecule has 0 amide bonds. The minimum atomic E-state index is -1.26. The van der Waals surface area contributed by atoms with Crippen LogP contribution >= 0.6 is 0 Å². The third-order valence-electron chi connectivity index (χ3n) is 1.32. The zero-order valence-corrected chi connectivity index (χ0v) is 8.14. The van der Waals surface area contributed by atoms with Crippen molar-refractivity contribution < 1.29 is 29.0 Å². The Morgan fingerprint density at radius 2 is 1.57 bits per heavy atom. The summed E-state index contributed by atoms with van der Waals surface area (Å²) >= 11 is 0. The van der Waals surface area contributed by atoms with Gasteiger partial charge in [-0.3, -0.25) is 4.79 Å². The molecule has 0 fully saturated rings. The molecule has 0 heterocycles. The average molecular weight is 204 g/mol. The summed E-state index contributed by atoms with van der Waals surface area (Å²) < 4.78 is 8.94. The van der Waals surface area contributed by atoms with E-state index in [1.54, 1.807) is 0 Å². The maximum atomic E-state index is 11.0. The summed E-state index contributed by atoms with van der Waals surface area (Å²) in [7, 11) is 0. The van der Waals surface area contributed by atoms with Crippen molar-refractivity contribution in [3.05, 3.63) is 0 Å². The lowest BCUT2D eigenvalue weighted by Gasteiger charge is -2.13. The van der Waals surface area contributed by atoms with Crippen LogP contribution < -0.4 is 0 Å². The number of carbonyl (C=O) groups excluding carboxylic acids is 2. The van der Waals surface area contributed by atoms with Crippen LogP contribution in [0.5, 0.6) is 0 Å². The molecule has 0 unspecified atom stereocenters. The van der Waals surface area contributed by atoms with Gasteiger partial charge in [0, 0.05) is 6.92 Å². The van der Waals surface area contributed by atoms with Crippen molar-refractivity contribution >= 4 is 17.9 Å². The van der Waals surface area contributed by atoms with Crippen molar-refractivity contribution in [3.8, 4) is 0 Å². The highest BCUT2D eigenvalue weighted by Crippen LogP contribution is 1.99. The standard InChI is InChI=1S/C8H12O6/c1-4(7(10)11)14-8(12)5(2)13-6(3)9/h4-5H,1-3H3,(H,10,11)/t4-,5+/m1/s1. The Morgan fingerprint density at radius 3 is 1.93 bits per heavy atom. The van der Waals surface area contributed by atoms with Crippen LogP contribution in [0.1, 0.15) is 20.8 Å². The molecular formula is C8H12O6. The van der Waals surface area contributed by atoms with Gasteiger partial charge in [0.25, 0.3) is 0 Å². The SMILES string of the molecule is CC(=O)O[C@@H](C)C(=O)O[C@H](C)C(=O)O. The van der Waals surface area contributed by atoms with Gasteiger partial charge in [-0.15, -0.1) is 0 Å². The molecule has 0 aliphatic rings. The molecule has 6 nitrogen and oxygen atoms in total. The number of carboxylic acids is 1. The topological polar surface area (TPSA) is 89.9 Å². The molecular weight excluding hydrogens is 192 g/mol. The normalized spacial score (nSPS) is 13.9. The van der Waals surface area contributed by atoms with Crippen molar-refractivity contribution in [2.45, 2.75) is 33.0 Å². The van der Waals surface area contributed by atoms with Gasteiger partial charge >= 0.3 is 17.9 Å². The highest BCUT2D eigenvalue weighted by atomic mass is 16.6. The molecule has 0 radical (unpaired) electrons. The molecule has 80 valence electrons. The third kappa shape index (κ3) is 4.44. The van der Waals surface area contributed by atoms with E-state index in [-0.39, 0.29) is 0 Å². The summed E-state index contributed by atoms with van der Waals surface area (Å²) in [5.74, 6) is -2.76. The molecule has 0 aromatic rings. The fourth-order valence-electron chi connectivity index (χ4n) is 0.618. The van der Waals surface area contributed by atoms with Crippen LogP contribution in [0.4, 0.5) is 0 Å². The van der Waals surface area contributed by atoms with E-state index in [2.05, 4.69) is 9.47 Å². The number of carboxylic acid groups (broad SMARTS) is 1. The second kappa shape index (κ2) is 5.21. The van der Waals surface area contributed by atoms with Gasteiger partial charge in [-0.05, 0) is 13.8 Å². The van der Waals surface area contributed by atoms with Gasteiger partial charge in [0.05, 0.1) is 0 Å². The first kappa shape index (κ1) is 12.4. The maximum absolute atomic E-state index is 11.0. The first-order valence-electron chi connectivity index (χ1n) is 3.95. The number of esters is 2. The monoisotopic (exact) mass is 204 g/mol. The molecule has 14 heavy (non-hydrogen) atoms. The molecule has 0 saturated carbocycles. The minimum Gasteiger partial charge on any atom is -0.479 e. The molecule has 0 aromatic carbocycles. The predicted octanol–water partition coefficient (Wildman–Crippen LogP) is -0.0457. The molecule has 0 saturated heterocycles. The molecule has 2 atom stereocenters. The van der Waals surface area contributed by atoms with E-state index in [9.17, 15) is 14.4 Å². The predicted molar refractivity (Wildman–Crippen MR) is 44.4 cm³/mol. The van der Waals surface area contributed by atoms with Crippen molar-refractivity contribution in [2.24, 2.45) is 0 Å². The van der Waals surface area contributed by atoms with Crippen LogP contribution in [0.3, 0.4) is 0 Å². The Hall–Kier alpha value is -1.59. The number of hydrogen-bond acceptors (Lipinski definition) is 5. The van der Waals surface area contributed by atoms with Crippen molar-refractivity contribution in [3.63, 3.8) is 0 Å². The summed E-state index contributed by atoms with van der Waals surface area (Å²) in [6, 6.07) is 0. The van der Waals surface area contributed by atoms with Gasteiger partial charge in [0.15, 0.2) is 12.2 Å². The van der Waals surface area contributed by atoms with Crippen LogP contribution in [0.25, 0.3) is 0 Å². The molecule has 0 rings (SSSR count). The molecule has 0 aromatic heterocycles. The fraction of sp³-hybridized carbons (Fsp3) is 0.625. The third-order valence-corrected chi connectivity index (χ3v) is 1.32. The number of hydrogen-bond donors (Lipinski definition) is 1. The summed E-state index contributed by atoms with van der Waals surface area (Å²) in [6.45, 7) is 3.66. The average Bonchev–Trinajstić information content (AvgIpc) is 2.02. The van der Waals surface area contributed by atoms with Crippen LogP contribution in [-0.4, -0.2) is 35.2 Å². The lowest BCUT2D eigenvalue weighted by molar-refractivity contribution is -0.174. The van der Waals surface area contributed by atoms with Crippen molar-refractivity contribution in [1.29, 1.82) is 0 Å². The molecule has 0 bridgehead atoms. The van der Waals surface area contributed by atoms with Gasteiger partial charge in [0.2, 0.25) is 0 Å². The number of rotatable bonds is 4. The van der Waals surface area contributed by atoms with E-state index < -0.39 is 30.1 Å². The van der Waals surface area contributed by atoms with Gasteiger partial charge in [-0.1, -0.05) is 0 Å². The Bertz CT molecular complexity index is 246. The zero-order valence-electron chi connectivity index (χ0n) is 8.14. The summed E-state index contributed by atoms with van der Waals surface area (Å²) in [5, 5.41) is 8.41. The van der Waals surface area contributed by atoms with Gasteiger partial charge < -0.3 is 14.6 Å². The summed E-state index contributed by atoms with van der Waals surface area (Å²) in [5.41, 5.74) is 0. The van der Waals surface area contributed by atoms with Crippen LogP contribution in [0.2, 0.25) is 0 Å². The molecule has 0 spiro atoms. The molecule has 6 heteroatoms. The van der Waals surface area contributed by atoms with E-state index in [0.29, 0.717) is 0 Å². The Morgan fingerprint density at radius 1 is 1.07 bits per heavy atom. The van der Waals surface area contributed by atoms with E-state index in [1.165, 1.54) is 13.8 Å². The summed E-state index contributed by atoms with van der Waals surface area (Å²) in [6.07, 6.45) is -2.34. The van der Waals surface area contributed by atoms with Crippen LogP contribution in [0, 0.1) is 0 Å².